The summed E-state index contributed by atoms with van der Waals surface area (Å²) in [6, 6.07) is 16.4. The topological polar surface area (TPSA) is 52.6 Å². The van der Waals surface area contributed by atoms with Crippen LogP contribution in [0, 0.1) is 0 Å². The number of carbonyl (C=O) groups excluding carboxylic acids is 1. The van der Waals surface area contributed by atoms with E-state index in [-0.39, 0.29) is 19.0 Å². The van der Waals surface area contributed by atoms with Crippen molar-refractivity contribution in [2.75, 3.05) is 32.1 Å². The Morgan fingerprint density at radius 2 is 1.92 bits per heavy atom. The minimum Gasteiger partial charge on any atom is -0.393 e. The molecule has 126 valence electrons. The molecule has 0 bridgehead atoms. The van der Waals surface area contributed by atoms with Crippen LogP contribution in [0.25, 0.3) is 0 Å². The van der Waals surface area contributed by atoms with Gasteiger partial charge in [0.1, 0.15) is 0 Å². The molecule has 2 unspecified atom stereocenters. The summed E-state index contributed by atoms with van der Waals surface area (Å²) in [6.07, 6.45) is 0. The highest BCUT2D eigenvalue weighted by molar-refractivity contribution is 5.99. The summed E-state index contributed by atoms with van der Waals surface area (Å²) in [7, 11) is 1.75. The number of benzene rings is 2. The molecule has 1 aliphatic heterocycles. The molecule has 2 atom stereocenters. The van der Waals surface area contributed by atoms with Crippen LogP contribution in [0.5, 0.6) is 0 Å². The molecule has 0 aromatic heterocycles. The number of aliphatic hydroxyl groups excluding tert-OH is 1. The van der Waals surface area contributed by atoms with Gasteiger partial charge in [0.05, 0.1) is 18.7 Å². The molecule has 1 saturated heterocycles. The molecule has 2 aromatic carbocycles. The van der Waals surface area contributed by atoms with Crippen molar-refractivity contribution < 1.29 is 14.3 Å². The predicted octanol–water partition coefficient (Wildman–Crippen LogP) is 2.67. The molecule has 1 amide bonds. The Labute approximate surface area is 140 Å². The number of halogens is 1. The van der Waals surface area contributed by atoms with E-state index >= 15 is 4.39 Å². The first-order valence-corrected chi connectivity index (χ1v) is 8.00. The van der Waals surface area contributed by atoms with Crippen molar-refractivity contribution in [1.82, 2.24) is 4.90 Å². The van der Waals surface area contributed by atoms with Crippen molar-refractivity contribution in [1.29, 1.82) is 0 Å². The first-order chi connectivity index (χ1) is 11.6. The van der Waals surface area contributed by atoms with Crippen molar-refractivity contribution in [2.45, 2.75) is 11.6 Å². The van der Waals surface area contributed by atoms with E-state index in [9.17, 15) is 9.90 Å². The quantitative estimate of drug-likeness (QED) is 0.907. The van der Waals surface area contributed by atoms with E-state index in [0.717, 1.165) is 5.56 Å². The Morgan fingerprint density at radius 1 is 1.25 bits per heavy atom. The van der Waals surface area contributed by atoms with E-state index in [2.05, 4.69) is 5.32 Å². The van der Waals surface area contributed by atoms with Crippen LogP contribution in [0.1, 0.15) is 21.8 Å². The van der Waals surface area contributed by atoms with Crippen LogP contribution in [0.4, 0.5) is 10.1 Å². The standard InChI is InChI=1S/C19H21FN2O2/c1-21-17-10-6-5-9-15(17)18(24)22-11-16(19(20,12-22)13-23)14-7-3-2-4-8-14/h2-10,16,21,23H,11-13H2,1H3. The fourth-order valence-corrected chi connectivity index (χ4v) is 3.34. The largest absolute Gasteiger partial charge is 0.393 e. The SMILES string of the molecule is CNc1ccccc1C(=O)N1CC(c2ccccc2)C(F)(CO)C1. The van der Waals surface area contributed by atoms with E-state index in [1.165, 1.54) is 4.90 Å². The Bertz CT molecular complexity index is 722. The summed E-state index contributed by atoms with van der Waals surface area (Å²) in [6.45, 7) is -0.470. The summed E-state index contributed by atoms with van der Waals surface area (Å²) < 4.78 is 15.2. The number of para-hydroxylation sites is 1. The number of amides is 1. The fraction of sp³-hybridized carbons (Fsp3) is 0.316. The molecule has 1 aliphatic rings. The average molecular weight is 328 g/mol. The normalized spacial score (nSPS) is 23.3. The number of carbonyl (C=O) groups is 1. The van der Waals surface area contributed by atoms with Crippen LogP contribution in [0.2, 0.25) is 0 Å². The number of anilines is 1. The molecule has 2 aromatic rings. The van der Waals surface area contributed by atoms with Gasteiger partial charge in [-0.3, -0.25) is 4.79 Å². The molecule has 3 rings (SSSR count). The van der Waals surface area contributed by atoms with Gasteiger partial charge in [0.25, 0.3) is 5.91 Å². The Balaban J connectivity index is 1.90. The molecule has 2 N–H and O–H groups in total. The lowest BCUT2D eigenvalue weighted by atomic mass is 9.87. The number of rotatable bonds is 4. The number of nitrogens with zero attached hydrogens (tertiary/aromatic N) is 1. The summed E-state index contributed by atoms with van der Waals surface area (Å²) in [4.78, 5) is 14.3. The highest BCUT2D eigenvalue weighted by atomic mass is 19.1. The number of likely N-dealkylation sites (tertiary alicyclic amines) is 1. The van der Waals surface area contributed by atoms with Crippen LogP contribution in [-0.4, -0.2) is 48.3 Å². The maximum Gasteiger partial charge on any atom is 0.256 e. The van der Waals surface area contributed by atoms with Crippen LogP contribution in [0.15, 0.2) is 54.6 Å². The zero-order chi connectivity index (χ0) is 17.2. The van der Waals surface area contributed by atoms with Gasteiger partial charge in [0.2, 0.25) is 0 Å². The number of hydrogen-bond acceptors (Lipinski definition) is 3. The molecule has 4 nitrogen and oxygen atoms in total. The Hall–Kier alpha value is -2.40. The minimum atomic E-state index is -1.83. The molecule has 5 heteroatoms. The molecule has 1 heterocycles. The molecular weight excluding hydrogens is 307 g/mol. The molecular formula is C19H21FN2O2. The Kier molecular flexibility index (Phi) is 4.53. The van der Waals surface area contributed by atoms with E-state index in [1.807, 2.05) is 42.5 Å². The van der Waals surface area contributed by atoms with Gasteiger partial charge in [-0.1, -0.05) is 42.5 Å². The monoisotopic (exact) mass is 328 g/mol. The predicted molar refractivity (Wildman–Crippen MR) is 92.0 cm³/mol. The summed E-state index contributed by atoms with van der Waals surface area (Å²) >= 11 is 0. The van der Waals surface area contributed by atoms with Gasteiger partial charge in [0, 0.05) is 25.2 Å². The van der Waals surface area contributed by atoms with Crippen molar-refractivity contribution in [3.63, 3.8) is 0 Å². The van der Waals surface area contributed by atoms with Crippen LogP contribution in [-0.2, 0) is 0 Å². The van der Waals surface area contributed by atoms with Gasteiger partial charge in [0.15, 0.2) is 5.67 Å². The van der Waals surface area contributed by atoms with Crippen LogP contribution >= 0.6 is 0 Å². The van der Waals surface area contributed by atoms with E-state index in [1.54, 1.807) is 19.2 Å². The molecule has 0 radical (unpaired) electrons. The van der Waals surface area contributed by atoms with Gasteiger partial charge >= 0.3 is 0 Å². The summed E-state index contributed by atoms with van der Waals surface area (Å²) in [5.41, 5.74) is 0.186. The van der Waals surface area contributed by atoms with Crippen molar-refractivity contribution >= 4 is 11.6 Å². The van der Waals surface area contributed by atoms with Crippen LogP contribution < -0.4 is 5.32 Å². The second-order valence-electron chi connectivity index (χ2n) is 6.14. The van der Waals surface area contributed by atoms with Gasteiger partial charge < -0.3 is 15.3 Å². The molecule has 0 spiro atoms. The first-order valence-electron chi connectivity index (χ1n) is 8.00. The summed E-state index contributed by atoms with van der Waals surface area (Å²) in [5, 5.41) is 12.6. The van der Waals surface area contributed by atoms with Gasteiger partial charge in [-0.2, -0.15) is 0 Å². The van der Waals surface area contributed by atoms with Gasteiger partial charge in [-0.15, -0.1) is 0 Å². The minimum absolute atomic E-state index is 0.111. The lowest BCUT2D eigenvalue weighted by Crippen LogP contribution is -2.37. The maximum absolute atomic E-state index is 15.2. The van der Waals surface area contributed by atoms with Crippen molar-refractivity contribution in [3.05, 3.63) is 65.7 Å². The number of hydrogen-bond donors (Lipinski definition) is 2. The highest BCUT2D eigenvalue weighted by Crippen LogP contribution is 2.39. The molecule has 24 heavy (non-hydrogen) atoms. The zero-order valence-electron chi connectivity index (χ0n) is 13.6. The van der Waals surface area contributed by atoms with E-state index in [4.69, 9.17) is 0 Å². The number of alkyl halides is 1. The highest BCUT2D eigenvalue weighted by Gasteiger charge is 2.49. The second-order valence-corrected chi connectivity index (χ2v) is 6.14. The summed E-state index contributed by atoms with van der Waals surface area (Å²) in [5.74, 6) is -0.761. The third-order valence-electron chi connectivity index (χ3n) is 4.66. The maximum atomic E-state index is 15.2. The third-order valence-corrected chi connectivity index (χ3v) is 4.66. The zero-order valence-corrected chi connectivity index (χ0v) is 13.6. The molecule has 1 fully saturated rings. The van der Waals surface area contributed by atoms with Crippen molar-refractivity contribution in [3.8, 4) is 0 Å². The van der Waals surface area contributed by atoms with Crippen LogP contribution in [0.3, 0.4) is 0 Å². The molecule has 0 aliphatic carbocycles. The Morgan fingerprint density at radius 3 is 2.58 bits per heavy atom. The van der Waals surface area contributed by atoms with Crippen molar-refractivity contribution in [2.24, 2.45) is 0 Å². The van der Waals surface area contributed by atoms with Gasteiger partial charge in [-0.05, 0) is 17.7 Å². The third kappa shape index (κ3) is 2.87. The lowest BCUT2D eigenvalue weighted by molar-refractivity contribution is 0.0576. The molecule has 0 saturated carbocycles. The lowest BCUT2D eigenvalue weighted by Gasteiger charge is -2.23. The fourth-order valence-electron chi connectivity index (χ4n) is 3.34. The number of nitrogens with one attached hydrogen (secondary N) is 1. The second kappa shape index (κ2) is 6.61. The van der Waals surface area contributed by atoms with E-state index < -0.39 is 18.2 Å². The van der Waals surface area contributed by atoms with E-state index in [0.29, 0.717) is 11.3 Å². The smallest absolute Gasteiger partial charge is 0.256 e. The van der Waals surface area contributed by atoms with Gasteiger partial charge in [-0.25, -0.2) is 4.39 Å². The number of aliphatic hydroxyl groups is 1. The average Bonchev–Trinajstić information content (AvgIpc) is 3.00. The first kappa shape index (κ1) is 16.5.